The van der Waals surface area contributed by atoms with Gasteiger partial charge >= 0.3 is 0 Å². The van der Waals surface area contributed by atoms with E-state index in [9.17, 15) is 0 Å². The molecule has 0 spiro atoms. The van der Waals surface area contributed by atoms with E-state index in [4.69, 9.17) is 0 Å². The molecule has 0 N–H and O–H groups in total. The number of aromatic nitrogens is 3. The fourth-order valence-electron chi connectivity index (χ4n) is 5.57. The highest BCUT2D eigenvalue weighted by Gasteiger charge is 2.35. The monoisotopic (exact) mass is 433 g/mol. The number of hydrogen-bond donors (Lipinski definition) is 0. The molecule has 6 heteroatoms. The highest BCUT2D eigenvalue weighted by atomic mass is 32.1. The molecular weight excluding hydrogens is 402 g/mol. The molecule has 6 heterocycles. The van der Waals surface area contributed by atoms with Gasteiger partial charge in [0.15, 0.2) is 0 Å². The smallest absolute Gasteiger partial charge is 0.123 e. The van der Waals surface area contributed by atoms with Crippen LogP contribution in [0.4, 0.5) is 0 Å². The highest BCUT2D eigenvalue weighted by Crippen LogP contribution is 2.37. The van der Waals surface area contributed by atoms with Crippen molar-refractivity contribution in [2.45, 2.75) is 44.7 Å². The summed E-state index contributed by atoms with van der Waals surface area (Å²) in [6, 6.07) is 14.1. The second-order valence-electron chi connectivity index (χ2n) is 9.49. The van der Waals surface area contributed by atoms with Crippen molar-refractivity contribution in [3.05, 3.63) is 48.2 Å². The van der Waals surface area contributed by atoms with Crippen LogP contribution in [0.1, 0.15) is 43.7 Å². The Morgan fingerprint density at radius 3 is 2.39 bits per heavy atom. The van der Waals surface area contributed by atoms with E-state index in [0.717, 1.165) is 24.7 Å². The van der Waals surface area contributed by atoms with Crippen LogP contribution in [0.3, 0.4) is 0 Å². The molecule has 0 amide bonds. The van der Waals surface area contributed by atoms with Crippen LogP contribution < -0.4 is 0 Å². The summed E-state index contributed by atoms with van der Waals surface area (Å²) in [5, 5.41) is 9.06. The van der Waals surface area contributed by atoms with Crippen LogP contribution in [0, 0.1) is 5.92 Å². The summed E-state index contributed by atoms with van der Waals surface area (Å²) in [5.74, 6) is 0.766. The third-order valence-electron chi connectivity index (χ3n) is 7.42. The van der Waals surface area contributed by atoms with E-state index >= 15 is 0 Å². The van der Waals surface area contributed by atoms with Crippen molar-refractivity contribution in [2.75, 3.05) is 32.7 Å². The molecule has 5 nitrogen and oxygen atoms in total. The van der Waals surface area contributed by atoms with Crippen LogP contribution in [0.15, 0.2) is 42.6 Å². The Balaban J connectivity index is 1.15. The molecule has 0 radical (unpaired) electrons. The minimum atomic E-state index is 0.496. The summed E-state index contributed by atoms with van der Waals surface area (Å²) in [7, 11) is 0. The fourth-order valence-corrected chi connectivity index (χ4v) is 6.53. The van der Waals surface area contributed by atoms with Crippen molar-refractivity contribution in [3.8, 4) is 21.0 Å². The highest BCUT2D eigenvalue weighted by molar-refractivity contribution is 7.18. The van der Waals surface area contributed by atoms with Crippen molar-refractivity contribution in [2.24, 2.45) is 5.92 Å². The molecule has 3 aromatic rings. The summed E-state index contributed by atoms with van der Waals surface area (Å²) in [6.45, 7) is 7.22. The largest absolute Gasteiger partial charge is 0.301 e. The summed E-state index contributed by atoms with van der Waals surface area (Å²) < 4.78 is 2.14. The lowest BCUT2D eigenvalue weighted by molar-refractivity contribution is 0.0504. The fraction of sp³-hybridized carbons (Fsp3) is 0.520. The summed E-state index contributed by atoms with van der Waals surface area (Å²) >= 11 is 1.82. The molecule has 7 rings (SSSR count). The molecule has 2 aromatic heterocycles. The first-order chi connectivity index (χ1) is 15.3. The lowest BCUT2D eigenvalue weighted by atomic mass is 9.84. The van der Waals surface area contributed by atoms with Gasteiger partial charge in [-0.15, -0.1) is 16.4 Å². The molecule has 0 saturated carbocycles. The van der Waals surface area contributed by atoms with Crippen LogP contribution in [0.25, 0.3) is 21.0 Å². The summed E-state index contributed by atoms with van der Waals surface area (Å²) in [4.78, 5) is 7.67. The number of thiophene rings is 1. The molecular formula is C25H31N5S. The molecule has 0 aliphatic carbocycles. The Bertz CT molecular complexity index is 1010. The Morgan fingerprint density at radius 2 is 1.65 bits per heavy atom. The number of benzene rings is 1. The van der Waals surface area contributed by atoms with E-state index in [-0.39, 0.29) is 0 Å². The third kappa shape index (κ3) is 4.09. The van der Waals surface area contributed by atoms with E-state index in [1.54, 1.807) is 0 Å². The van der Waals surface area contributed by atoms with Crippen molar-refractivity contribution in [1.29, 1.82) is 0 Å². The van der Waals surface area contributed by atoms with Crippen LogP contribution >= 0.6 is 11.3 Å². The first-order valence-corrected chi connectivity index (χ1v) is 12.7. The van der Waals surface area contributed by atoms with Crippen molar-refractivity contribution in [1.82, 2.24) is 24.8 Å². The zero-order valence-corrected chi connectivity index (χ0v) is 18.9. The van der Waals surface area contributed by atoms with E-state index in [2.05, 4.69) is 67.4 Å². The van der Waals surface area contributed by atoms with Gasteiger partial charge in [-0.05, 0) is 81.0 Å². The molecule has 1 unspecified atom stereocenters. The number of rotatable bonds is 5. The predicted molar refractivity (Wildman–Crippen MR) is 126 cm³/mol. The van der Waals surface area contributed by atoms with Crippen LogP contribution in [-0.2, 0) is 6.54 Å². The minimum absolute atomic E-state index is 0.496. The SMILES string of the molecule is c1cc(-c2ccc(-c3cn(C4CN5CCC4CC5)nn3)s2)ccc1CN1CCCCC1. The van der Waals surface area contributed by atoms with Gasteiger partial charge in [-0.3, -0.25) is 4.90 Å². The lowest BCUT2D eigenvalue weighted by Gasteiger charge is -2.44. The Hall–Kier alpha value is -2.02. The molecule has 1 aromatic carbocycles. The predicted octanol–water partition coefficient (Wildman–Crippen LogP) is 4.93. The van der Waals surface area contributed by atoms with Crippen molar-refractivity contribution in [3.63, 3.8) is 0 Å². The van der Waals surface area contributed by atoms with Gasteiger partial charge in [0.05, 0.1) is 17.1 Å². The first kappa shape index (κ1) is 19.6. The maximum atomic E-state index is 4.53. The number of hydrogen-bond acceptors (Lipinski definition) is 5. The summed E-state index contributed by atoms with van der Waals surface area (Å²) in [6.07, 6.45) is 8.86. The van der Waals surface area contributed by atoms with E-state index in [1.807, 2.05) is 11.3 Å². The maximum absolute atomic E-state index is 4.53. The lowest BCUT2D eigenvalue weighted by Crippen LogP contribution is -2.48. The topological polar surface area (TPSA) is 37.2 Å². The minimum Gasteiger partial charge on any atom is -0.301 e. The van der Waals surface area contributed by atoms with E-state index < -0.39 is 0 Å². The maximum Gasteiger partial charge on any atom is 0.123 e. The van der Waals surface area contributed by atoms with Crippen LogP contribution in [0.2, 0.25) is 0 Å². The van der Waals surface area contributed by atoms with E-state index in [0.29, 0.717) is 6.04 Å². The molecule has 4 aliphatic heterocycles. The van der Waals surface area contributed by atoms with Crippen LogP contribution in [0.5, 0.6) is 0 Å². The third-order valence-corrected chi connectivity index (χ3v) is 8.58. The van der Waals surface area contributed by atoms with Gasteiger partial charge < -0.3 is 4.90 Å². The van der Waals surface area contributed by atoms with Gasteiger partial charge in [0.25, 0.3) is 0 Å². The standard InChI is InChI=1S/C25H31N5S/c1-2-12-28(13-3-1)16-19-4-6-21(7-5-19)24-8-9-25(31-24)22-17-30(27-26-22)23-18-29-14-10-20(23)11-15-29/h4-9,17,20,23H,1-3,10-16,18H2. The molecule has 31 heavy (non-hydrogen) atoms. The number of nitrogens with zero attached hydrogens (tertiary/aromatic N) is 5. The first-order valence-electron chi connectivity index (χ1n) is 11.9. The zero-order chi connectivity index (χ0) is 20.6. The Morgan fingerprint density at radius 1 is 0.871 bits per heavy atom. The molecule has 2 bridgehead atoms. The Kier molecular flexibility index (Phi) is 5.38. The molecule has 4 saturated heterocycles. The van der Waals surface area contributed by atoms with E-state index in [1.165, 1.54) is 79.2 Å². The van der Waals surface area contributed by atoms with Gasteiger partial charge in [-0.1, -0.05) is 35.9 Å². The van der Waals surface area contributed by atoms with Gasteiger partial charge in [0, 0.05) is 18.0 Å². The average molecular weight is 434 g/mol. The van der Waals surface area contributed by atoms with Gasteiger partial charge in [0.2, 0.25) is 0 Å². The van der Waals surface area contributed by atoms with Crippen LogP contribution in [-0.4, -0.2) is 57.5 Å². The number of piperidine rings is 4. The van der Waals surface area contributed by atoms with Gasteiger partial charge in [-0.2, -0.15) is 0 Å². The number of fused-ring (bicyclic) bond motifs is 3. The van der Waals surface area contributed by atoms with Crippen molar-refractivity contribution < 1.29 is 0 Å². The molecule has 4 aliphatic rings. The zero-order valence-electron chi connectivity index (χ0n) is 18.1. The second kappa shape index (κ2) is 8.49. The molecule has 1 atom stereocenters. The quantitative estimate of drug-likeness (QED) is 0.572. The Labute approximate surface area is 188 Å². The van der Waals surface area contributed by atoms with Crippen molar-refractivity contribution >= 4 is 11.3 Å². The molecule has 4 fully saturated rings. The summed E-state index contributed by atoms with van der Waals surface area (Å²) in [5.41, 5.74) is 3.72. The average Bonchev–Trinajstić information content (AvgIpc) is 3.51. The normalized spacial score (nSPS) is 26.4. The molecule has 162 valence electrons. The second-order valence-corrected chi connectivity index (χ2v) is 10.6. The number of likely N-dealkylation sites (tertiary alicyclic amines) is 1. The van der Waals surface area contributed by atoms with Gasteiger partial charge in [-0.25, -0.2) is 4.68 Å². The van der Waals surface area contributed by atoms with Gasteiger partial charge in [0.1, 0.15) is 5.69 Å².